The molecular weight excluding hydrogens is 285 g/mol. The lowest BCUT2D eigenvalue weighted by Crippen LogP contribution is -2.04. The normalized spacial score (nSPS) is 11.0. The van der Waals surface area contributed by atoms with Crippen LogP contribution in [0.5, 0.6) is 11.6 Å². The summed E-state index contributed by atoms with van der Waals surface area (Å²) >= 11 is 0. The number of nitrogens with zero attached hydrogens (tertiary/aromatic N) is 2. The fourth-order valence-electron chi connectivity index (χ4n) is 1.59. The van der Waals surface area contributed by atoms with E-state index in [1.807, 2.05) is 6.07 Å². The summed E-state index contributed by atoms with van der Waals surface area (Å²) < 4.78 is 43.0. The molecule has 0 saturated heterocycles. The molecule has 0 fully saturated rings. The number of aromatic nitrogens is 1. The van der Waals surface area contributed by atoms with E-state index in [0.717, 1.165) is 12.1 Å². The number of benzene rings is 1. The van der Waals surface area contributed by atoms with Gasteiger partial charge in [-0.25, -0.2) is 4.98 Å². The molecule has 0 spiro atoms. The Kier molecular flexibility index (Phi) is 4.10. The molecular formula is C14H9F3N2O2. The van der Waals surface area contributed by atoms with Crippen LogP contribution in [0.2, 0.25) is 0 Å². The van der Waals surface area contributed by atoms with E-state index < -0.39 is 11.7 Å². The van der Waals surface area contributed by atoms with Crippen LogP contribution < -0.4 is 4.74 Å². The summed E-state index contributed by atoms with van der Waals surface area (Å²) in [5.74, 6) is -0.195. The Morgan fingerprint density at radius 2 is 2.05 bits per heavy atom. The zero-order chi connectivity index (χ0) is 15.5. The number of pyridine rings is 1. The molecule has 0 unspecified atom stereocenters. The molecule has 1 aromatic heterocycles. The zero-order valence-corrected chi connectivity index (χ0v) is 10.6. The molecule has 1 N–H and O–H groups in total. The number of ether oxygens (including phenoxy) is 1. The highest BCUT2D eigenvalue weighted by molar-refractivity contribution is 5.43. The molecule has 0 radical (unpaired) electrons. The minimum atomic E-state index is -4.48. The first-order valence-electron chi connectivity index (χ1n) is 5.79. The van der Waals surface area contributed by atoms with Crippen molar-refractivity contribution < 1.29 is 23.0 Å². The maximum absolute atomic E-state index is 12.6. The van der Waals surface area contributed by atoms with Crippen LogP contribution in [0, 0.1) is 11.3 Å². The minimum Gasteiger partial charge on any atom is -0.438 e. The van der Waals surface area contributed by atoms with Crippen LogP contribution >= 0.6 is 0 Å². The lowest BCUT2D eigenvalue weighted by molar-refractivity contribution is -0.137. The second-order valence-electron chi connectivity index (χ2n) is 4.09. The van der Waals surface area contributed by atoms with Gasteiger partial charge in [0.2, 0.25) is 5.88 Å². The van der Waals surface area contributed by atoms with Crippen LogP contribution in [0.3, 0.4) is 0 Å². The third-order valence-corrected chi connectivity index (χ3v) is 2.59. The second-order valence-corrected chi connectivity index (χ2v) is 4.09. The Balaban J connectivity index is 2.33. The third kappa shape index (κ3) is 3.49. The summed E-state index contributed by atoms with van der Waals surface area (Å²) in [7, 11) is 0. The third-order valence-electron chi connectivity index (χ3n) is 2.59. The van der Waals surface area contributed by atoms with Gasteiger partial charge in [0.15, 0.2) is 0 Å². The Bertz CT molecular complexity index is 693. The molecule has 1 heterocycles. The Labute approximate surface area is 118 Å². The van der Waals surface area contributed by atoms with E-state index in [9.17, 15) is 13.2 Å². The van der Waals surface area contributed by atoms with Gasteiger partial charge < -0.3 is 9.84 Å². The zero-order valence-electron chi connectivity index (χ0n) is 10.6. The molecule has 2 aromatic rings. The molecule has 0 aliphatic rings. The van der Waals surface area contributed by atoms with Gasteiger partial charge in [-0.05, 0) is 29.8 Å². The highest BCUT2D eigenvalue weighted by atomic mass is 19.4. The summed E-state index contributed by atoms with van der Waals surface area (Å²) in [6.45, 7) is -0.300. The Hall–Kier alpha value is -2.59. The van der Waals surface area contributed by atoms with E-state index in [1.54, 1.807) is 0 Å². The highest BCUT2D eigenvalue weighted by Gasteiger charge is 2.30. The summed E-state index contributed by atoms with van der Waals surface area (Å²) in [5, 5.41) is 17.9. The van der Waals surface area contributed by atoms with Crippen LogP contribution in [0.4, 0.5) is 13.2 Å². The largest absolute Gasteiger partial charge is 0.438 e. The standard InChI is InChI=1S/C14H9F3N2O2/c15-14(16,17)11-2-1-3-12(5-11)21-13-10(6-18)4-9(8-20)7-19-13/h1-5,7,20H,8H2. The first kappa shape index (κ1) is 14.8. The van der Waals surface area contributed by atoms with Crippen molar-refractivity contribution in [3.63, 3.8) is 0 Å². The van der Waals surface area contributed by atoms with Crippen LogP contribution in [0.25, 0.3) is 0 Å². The van der Waals surface area contributed by atoms with Crippen molar-refractivity contribution in [3.8, 4) is 17.7 Å². The van der Waals surface area contributed by atoms with Crippen molar-refractivity contribution in [2.75, 3.05) is 0 Å². The number of hydrogen-bond acceptors (Lipinski definition) is 4. The van der Waals surface area contributed by atoms with Gasteiger partial charge >= 0.3 is 6.18 Å². The second kappa shape index (κ2) is 5.81. The lowest BCUT2D eigenvalue weighted by Gasteiger charge is -2.10. The monoisotopic (exact) mass is 294 g/mol. The van der Waals surface area contributed by atoms with E-state index in [0.29, 0.717) is 5.56 Å². The molecule has 0 atom stereocenters. The minimum absolute atomic E-state index is 0.0268. The molecule has 4 nitrogen and oxygen atoms in total. The number of hydrogen-bond donors (Lipinski definition) is 1. The van der Waals surface area contributed by atoms with Gasteiger partial charge in [0, 0.05) is 6.20 Å². The van der Waals surface area contributed by atoms with Crippen molar-refractivity contribution in [3.05, 3.63) is 53.2 Å². The average molecular weight is 294 g/mol. The number of nitriles is 1. The summed E-state index contributed by atoms with van der Waals surface area (Å²) in [6.07, 6.45) is -3.20. The lowest BCUT2D eigenvalue weighted by atomic mass is 10.2. The molecule has 108 valence electrons. The Morgan fingerprint density at radius 3 is 2.67 bits per heavy atom. The SMILES string of the molecule is N#Cc1cc(CO)cnc1Oc1cccc(C(F)(F)F)c1. The molecule has 21 heavy (non-hydrogen) atoms. The van der Waals surface area contributed by atoms with Crippen molar-refractivity contribution in [2.24, 2.45) is 0 Å². The van der Waals surface area contributed by atoms with Gasteiger partial charge in [-0.1, -0.05) is 6.07 Å². The fraction of sp³-hybridized carbons (Fsp3) is 0.143. The van der Waals surface area contributed by atoms with Gasteiger partial charge in [-0.3, -0.25) is 0 Å². The molecule has 0 bridgehead atoms. The van der Waals surface area contributed by atoms with Gasteiger partial charge in [0.25, 0.3) is 0 Å². The van der Waals surface area contributed by atoms with Gasteiger partial charge in [-0.15, -0.1) is 0 Å². The molecule has 0 aliphatic carbocycles. The summed E-state index contributed by atoms with van der Waals surface area (Å²) in [6, 6.07) is 7.44. The molecule has 2 rings (SSSR count). The molecule has 0 saturated carbocycles. The van der Waals surface area contributed by atoms with E-state index in [4.69, 9.17) is 15.1 Å². The quantitative estimate of drug-likeness (QED) is 0.943. The predicted octanol–water partition coefficient (Wildman–Crippen LogP) is 3.26. The van der Waals surface area contributed by atoms with E-state index in [-0.39, 0.29) is 23.8 Å². The maximum atomic E-state index is 12.6. The van der Waals surface area contributed by atoms with Crippen LogP contribution in [-0.4, -0.2) is 10.1 Å². The average Bonchev–Trinajstić information content (AvgIpc) is 2.47. The van der Waals surface area contributed by atoms with Gasteiger partial charge in [0.1, 0.15) is 17.4 Å². The van der Waals surface area contributed by atoms with E-state index >= 15 is 0 Å². The fourth-order valence-corrected chi connectivity index (χ4v) is 1.59. The number of halogens is 3. The smallest absolute Gasteiger partial charge is 0.416 e. The molecule has 0 aliphatic heterocycles. The van der Waals surface area contributed by atoms with E-state index in [1.165, 1.54) is 24.4 Å². The van der Waals surface area contributed by atoms with Gasteiger partial charge in [-0.2, -0.15) is 18.4 Å². The molecule has 0 amide bonds. The molecule has 1 aromatic carbocycles. The number of aliphatic hydroxyl groups is 1. The van der Waals surface area contributed by atoms with Crippen LogP contribution in [0.15, 0.2) is 36.5 Å². The first-order chi connectivity index (χ1) is 9.94. The van der Waals surface area contributed by atoms with Crippen molar-refractivity contribution in [1.29, 1.82) is 5.26 Å². The molecule has 7 heteroatoms. The Morgan fingerprint density at radius 1 is 1.29 bits per heavy atom. The first-order valence-corrected chi connectivity index (χ1v) is 5.79. The van der Waals surface area contributed by atoms with E-state index in [2.05, 4.69) is 4.98 Å². The number of rotatable bonds is 3. The predicted molar refractivity (Wildman–Crippen MR) is 66.4 cm³/mol. The van der Waals surface area contributed by atoms with Crippen molar-refractivity contribution in [2.45, 2.75) is 12.8 Å². The number of alkyl halides is 3. The van der Waals surface area contributed by atoms with Crippen LogP contribution in [0.1, 0.15) is 16.7 Å². The maximum Gasteiger partial charge on any atom is 0.416 e. The van der Waals surface area contributed by atoms with Gasteiger partial charge in [0.05, 0.1) is 12.2 Å². The van der Waals surface area contributed by atoms with Crippen molar-refractivity contribution >= 4 is 0 Å². The summed E-state index contributed by atoms with van der Waals surface area (Å²) in [5.41, 5.74) is -0.424. The van der Waals surface area contributed by atoms with Crippen molar-refractivity contribution in [1.82, 2.24) is 4.98 Å². The van der Waals surface area contributed by atoms with Crippen LogP contribution in [-0.2, 0) is 12.8 Å². The highest BCUT2D eigenvalue weighted by Crippen LogP contribution is 2.32. The summed E-state index contributed by atoms with van der Waals surface area (Å²) in [4.78, 5) is 3.82. The topological polar surface area (TPSA) is 66.1 Å². The number of aliphatic hydroxyl groups excluding tert-OH is 1.